The zero-order valence-corrected chi connectivity index (χ0v) is 7.08. The Morgan fingerprint density at radius 3 is 1.93 bits per heavy atom. The van der Waals surface area contributed by atoms with E-state index >= 15 is 0 Å². The van der Waals surface area contributed by atoms with Gasteiger partial charge in [0.25, 0.3) is 0 Å². The van der Waals surface area contributed by atoms with Gasteiger partial charge in [0.2, 0.25) is 0 Å². The number of carbonyl (C=O) groups is 1. The summed E-state index contributed by atoms with van der Waals surface area (Å²) in [7, 11) is -6.36. The second-order valence-corrected chi connectivity index (χ2v) is 4.34. The van der Waals surface area contributed by atoms with E-state index in [-0.39, 0.29) is 0 Å². The van der Waals surface area contributed by atoms with Gasteiger partial charge in [0, 0.05) is 0 Å². The summed E-state index contributed by atoms with van der Waals surface area (Å²) in [6.07, 6.45) is 0. The number of hydrogen-bond donors (Lipinski definition) is 0. The number of allylic oxidation sites excluding steroid dienone is 2. The minimum absolute atomic E-state index is 2.19. The van der Waals surface area contributed by atoms with Crippen molar-refractivity contribution in [1.29, 1.82) is 0 Å². The first-order valence-electron chi connectivity index (χ1n) is 3.01. The van der Waals surface area contributed by atoms with Crippen LogP contribution < -0.4 is 0 Å². The monoisotopic (exact) mass is 238 g/mol. The molecule has 0 fully saturated rings. The van der Waals surface area contributed by atoms with Crippen LogP contribution in [0.4, 0.5) is 26.1 Å². The normalized spacial score (nSPS) is 22.7. The zero-order valence-electron chi connectivity index (χ0n) is 6.08. The average molecular weight is 238 g/mol. The minimum atomic E-state index is -6.36. The molecule has 80 valence electrons. The predicted molar refractivity (Wildman–Crippen MR) is 35.1 cm³/mol. The zero-order chi connectivity index (χ0) is 11.1. The van der Waals surface area contributed by atoms with E-state index in [0.717, 1.165) is 0 Å². The molecule has 0 spiro atoms. The van der Waals surface area contributed by atoms with Gasteiger partial charge in [-0.05, 0) is 0 Å². The third kappa shape index (κ3) is 1.30. The summed E-state index contributed by atoms with van der Waals surface area (Å²) in [4.78, 5) is 12.5. The van der Waals surface area contributed by atoms with Crippen LogP contribution in [0.25, 0.3) is 0 Å². The second-order valence-electron chi connectivity index (χ2n) is 2.26. The van der Waals surface area contributed by atoms with Crippen LogP contribution in [0.1, 0.15) is 0 Å². The van der Waals surface area contributed by atoms with Gasteiger partial charge in [0.15, 0.2) is 0 Å². The SMILES string of the molecule is O=C(OF)C1=C(F)C(F)=C(F)[PH]1(F)F. The maximum absolute atomic E-state index is 12.6. The Labute approximate surface area is 73.3 Å². The van der Waals surface area contributed by atoms with E-state index in [0.29, 0.717) is 0 Å². The van der Waals surface area contributed by atoms with E-state index in [1.807, 2.05) is 0 Å². The molecule has 0 saturated carbocycles. The van der Waals surface area contributed by atoms with E-state index in [2.05, 4.69) is 4.94 Å². The molecule has 0 radical (unpaired) electrons. The molecule has 1 aliphatic heterocycles. The van der Waals surface area contributed by atoms with Crippen LogP contribution in [0, 0.1) is 0 Å². The Morgan fingerprint density at radius 2 is 1.64 bits per heavy atom. The molecule has 1 rings (SSSR count). The Balaban J connectivity index is 3.29. The van der Waals surface area contributed by atoms with Gasteiger partial charge in [-0.15, -0.1) is 0 Å². The topological polar surface area (TPSA) is 26.3 Å². The van der Waals surface area contributed by atoms with Gasteiger partial charge in [-0.2, -0.15) is 0 Å². The summed E-state index contributed by atoms with van der Waals surface area (Å²) >= 11 is 0. The molecule has 0 aromatic rings. The van der Waals surface area contributed by atoms with Crippen LogP contribution >= 0.6 is 7.88 Å². The summed E-state index contributed by atoms with van der Waals surface area (Å²) in [5.41, 5.74) is -2.64. The standard InChI is InChI=1S/C5HF6O2P/c6-1-2(7)4(8)14(10,11)3(1)5(12)13-9/h14H. The van der Waals surface area contributed by atoms with Crippen LogP contribution in [0.3, 0.4) is 0 Å². The van der Waals surface area contributed by atoms with Crippen molar-refractivity contribution in [3.63, 3.8) is 0 Å². The molecule has 0 aliphatic carbocycles. The van der Waals surface area contributed by atoms with E-state index in [4.69, 9.17) is 0 Å². The predicted octanol–water partition coefficient (Wildman–Crippen LogP) is 3.24. The molecule has 0 N–H and O–H groups in total. The van der Waals surface area contributed by atoms with E-state index in [9.17, 15) is 30.9 Å². The third-order valence-corrected chi connectivity index (χ3v) is 3.29. The molecule has 14 heavy (non-hydrogen) atoms. The van der Waals surface area contributed by atoms with Crippen molar-refractivity contribution in [2.45, 2.75) is 0 Å². The van der Waals surface area contributed by atoms with Gasteiger partial charge in [-0.1, -0.05) is 0 Å². The number of rotatable bonds is 1. The fourth-order valence-electron chi connectivity index (χ4n) is 0.848. The maximum atomic E-state index is 12.6. The Kier molecular flexibility index (Phi) is 2.58. The molecule has 1 aliphatic rings. The Bertz CT molecular complexity index is 359. The average Bonchev–Trinajstić information content (AvgIpc) is 2.27. The molecule has 0 aromatic heterocycles. The summed E-state index contributed by atoms with van der Waals surface area (Å²) in [6, 6.07) is 0. The molecular formula is C5HF6O2P. The Hall–Kier alpha value is -1.04. The molecule has 0 aromatic carbocycles. The van der Waals surface area contributed by atoms with E-state index in [1.165, 1.54) is 0 Å². The first kappa shape index (κ1) is 11.0. The molecule has 0 bridgehead atoms. The van der Waals surface area contributed by atoms with E-state index < -0.39 is 36.4 Å². The molecule has 9 heteroatoms. The van der Waals surface area contributed by atoms with Gasteiger partial charge >= 0.3 is 72.2 Å². The van der Waals surface area contributed by atoms with Crippen molar-refractivity contribution in [3.05, 3.63) is 22.5 Å². The number of carbonyl (C=O) groups excluding carboxylic acids is 1. The van der Waals surface area contributed by atoms with Crippen molar-refractivity contribution in [2.75, 3.05) is 0 Å². The van der Waals surface area contributed by atoms with Crippen molar-refractivity contribution in [2.24, 2.45) is 0 Å². The van der Waals surface area contributed by atoms with Gasteiger partial charge in [-0.3, -0.25) is 0 Å². The van der Waals surface area contributed by atoms with Crippen molar-refractivity contribution < 1.29 is 35.8 Å². The van der Waals surface area contributed by atoms with Gasteiger partial charge < -0.3 is 0 Å². The van der Waals surface area contributed by atoms with Crippen molar-refractivity contribution in [3.8, 4) is 0 Å². The van der Waals surface area contributed by atoms with Gasteiger partial charge in [0.1, 0.15) is 0 Å². The van der Waals surface area contributed by atoms with Crippen LogP contribution in [0.5, 0.6) is 0 Å². The molecule has 0 unspecified atom stereocenters. The number of halogens is 6. The fraction of sp³-hybridized carbons (Fsp3) is 0. The molecule has 0 saturated heterocycles. The summed E-state index contributed by atoms with van der Waals surface area (Å²) < 4.78 is 73.5. The molecule has 0 amide bonds. The quantitative estimate of drug-likeness (QED) is 0.517. The summed E-state index contributed by atoms with van der Waals surface area (Å²) in [5.74, 6) is -7.29. The van der Waals surface area contributed by atoms with Crippen molar-refractivity contribution >= 4 is 13.9 Å². The first-order valence-corrected chi connectivity index (χ1v) is 4.76. The number of hydrogen-bond acceptors (Lipinski definition) is 2. The Morgan fingerprint density at radius 1 is 1.14 bits per heavy atom. The van der Waals surface area contributed by atoms with Crippen LogP contribution in [0.2, 0.25) is 0 Å². The first-order chi connectivity index (χ1) is 6.34. The van der Waals surface area contributed by atoms with Crippen LogP contribution in [-0.4, -0.2) is 5.97 Å². The molecular weight excluding hydrogens is 237 g/mol. The second kappa shape index (κ2) is 3.27. The summed E-state index contributed by atoms with van der Waals surface area (Å²) in [5, 5.41) is -2.19. The van der Waals surface area contributed by atoms with Crippen molar-refractivity contribution in [1.82, 2.24) is 0 Å². The summed E-state index contributed by atoms with van der Waals surface area (Å²) in [6.45, 7) is 0. The molecule has 2 nitrogen and oxygen atoms in total. The van der Waals surface area contributed by atoms with E-state index in [1.54, 1.807) is 0 Å². The van der Waals surface area contributed by atoms with Crippen LogP contribution in [0.15, 0.2) is 22.5 Å². The van der Waals surface area contributed by atoms with Gasteiger partial charge in [-0.25, -0.2) is 0 Å². The molecule has 1 heterocycles. The third-order valence-electron chi connectivity index (χ3n) is 1.47. The molecule has 0 atom stereocenters. The fourth-order valence-corrected chi connectivity index (χ4v) is 2.13. The van der Waals surface area contributed by atoms with Crippen LogP contribution in [-0.2, 0) is 9.74 Å². The van der Waals surface area contributed by atoms with Gasteiger partial charge in [0.05, 0.1) is 0 Å².